The van der Waals surface area contributed by atoms with E-state index in [1.54, 1.807) is 0 Å². The smallest absolute Gasteiger partial charge is 0.223 e. The molecule has 2 saturated heterocycles. The Hall–Kier alpha value is -0.650. The highest BCUT2D eigenvalue weighted by Crippen LogP contribution is 2.40. The zero-order valence-corrected chi connectivity index (χ0v) is 18.3. The minimum Gasteiger partial charge on any atom is -0.352 e. The number of nitrogens with zero attached hydrogens (tertiary/aromatic N) is 1. The largest absolute Gasteiger partial charge is 0.352 e. The van der Waals surface area contributed by atoms with Crippen LogP contribution in [0.2, 0.25) is 0 Å². The second-order valence-electron chi connectivity index (χ2n) is 10.3. The zero-order valence-electron chi connectivity index (χ0n) is 18.3. The minimum absolute atomic E-state index is 0.224. The molecule has 28 heavy (non-hydrogen) atoms. The fourth-order valence-corrected chi connectivity index (χ4v) is 6.37. The Morgan fingerprint density at radius 3 is 2.43 bits per heavy atom. The Labute approximate surface area is 171 Å². The summed E-state index contributed by atoms with van der Waals surface area (Å²) >= 11 is 0. The minimum atomic E-state index is 0.224. The normalized spacial score (nSPS) is 42.9. The van der Waals surface area contributed by atoms with E-state index in [1.165, 1.54) is 51.6 Å². The molecule has 4 rings (SSSR count). The van der Waals surface area contributed by atoms with Crippen LogP contribution in [0.25, 0.3) is 0 Å². The maximum Gasteiger partial charge on any atom is 0.223 e. The molecule has 1 amide bonds. The van der Waals surface area contributed by atoms with Crippen LogP contribution < -0.4 is 16.0 Å². The van der Waals surface area contributed by atoms with Gasteiger partial charge in [0.05, 0.1) is 0 Å². The quantitative estimate of drug-likeness (QED) is 0.690. The summed E-state index contributed by atoms with van der Waals surface area (Å²) in [4.78, 5) is 15.6. The van der Waals surface area contributed by atoms with E-state index >= 15 is 0 Å². The van der Waals surface area contributed by atoms with Crippen molar-refractivity contribution < 1.29 is 4.79 Å². The van der Waals surface area contributed by atoms with Gasteiger partial charge in [0.25, 0.3) is 0 Å². The second-order valence-corrected chi connectivity index (χ2v) is 10.3. The van der Waals surface area contributed by atoms with Crippen molar-refractivity contribution in [2.45, 2.75) is 102 Å². The van der Waals surface area contributed by atoms with Crippen molar-refractivity contribution in [2.75, 3.05) is 20.1 Å². The van der Waals surface area contributed by atoms with E-state index in [2.05, 4.69) is 41.7 Å². The number of hydrogen-bond donors (Lipinski definition) is 3. The highest BCUT2D eigenvalue weighted by atomic mass is 16.2. The van der Waals surface area contributed by atoms with Crippen molar-refractivity contribution in [3.05, 3.63) is 0 Å². The third-order valence-corrected chi connectivity index (χ3v) is 8.47. The molecular formula is C23H42N4O. The summed E-state index contributed by atoms with van der Waals surface area (Å²) in [6, 6.07) is 2.66. The number of nitrogens with one attached hydrogen (secondary N) is 3. The van der Waals surface area contributed by atoms with Gasteiger partial charge >= 0.3 is 0 Å². The highest BCUT2D eigenvalue weighted by molar-refractivity contribution is 5.79. The van der Waals surface area contributed by atoms with Gasteiger partial charge in [-0.1, -0.05) is 19.8 Å². The second kappa shape index (κ2) is 9.01. The third-order valence-electron chi connectivity index (χ3n) is 8.47. The van der Waals surface area contributed by atoms with Crippen LogP contribution in [-0.2, 0) is 4.79 Å². The monoisotopic (exact) mass is 390 g/mol. The lowest BCUT2D eigenvalue weighted by atomic mass is 9.74. The molecule has 0 spiro atoms. The van der Waals surface area contributed by atoms with Gasteiger partial charge in [-0.25, -0.2) is 0 Å². The molecule has 7 unspecified atom stereocenters. The zero-order chi connectivity index (χ0) is 19.7. The van der Waals surface area contributed by atoms with Gasteiger partial charge in [-0.3, -0.25) is 4.79 Å². The molecule has 160 valence electrons. The Morgan fingerprint density at radius 1 is 0.964 bits per heavy atom. The van der Waals surface area contributed by atoms with E-state index in [0.717, 1.165) is 19.3 Å². The van der Waals surface area contributed by atoms with Crippen LogP contribution in [-0.4, -0.2) is 61.2 Å². The lowest BCUT2D eigenvalue weighted by Gasteiger charge is -2.39. The number of carbonyl (C=O) groups excluding carboxylic acids is 1. The van der Waals surface area contributed by atoms with Crippen molar-refractivity contribution in [3.8, 4) is 0 Å². The van der Waals surface area contributed by atoms with E-state index < -0.39 is 0 Å². The van der Waals surface area contributed by atoms with E-state index in [0.29, 0.717) is 48.0 Å². The third kappa shape index (κ3) is 4.57. The summed E-state index contributed by atoms with van der Waals surface area (Å²) in [5.74, 6) is 1.93. The summed E-state index contributed by atoms with van der Waals surface area (Å²) in [6.07, 6.45) is 10.7. The van der Waals surface area contributed by atoms with Gasteiger partial charge in [-0.15, -0.1) is 0 Å². The van der Waals surface area contributed by atoms with Crippen molar-refractivity contribution in [2.24, 2.45) is 17.8 Å². The standard InChI is InChI=1S/C23H42N4O/c1-15-16(2)24-20-9-8-17(14-19(15)20)23(28)26-22-7-5-4-6-21(22)25-18-10-12-27(3)13-11-18/h15-22,24-25H,4-14H2,1-3H3,(H,26,28). The molecule has 0 aromatic rings. The van der Waals surface area contributed by atoms with Gasteiger partial charge in [0.1, 0.15) is 0 Å². The Morgan fingerprint density at radius 2 is 1.68 bits per heavy atom. The predicted octanol–water partition coefficient (Wildman–Crippen LogP) is 2.51. The highest BCUT2D eigenvalue weighted by Gasteiger charge is 2.43. The topological polar surface area (TPSA) is 56.4 Å². The van der Waals surface area contributed by atoms with Crippen molar-refractivity contribution in [1.82, 2.24) is 20.9 Å². The van der Waals surface area contributed by atoms with Crippen molar-refractivity contribution >= 4 is 5.91 Å². The van der Waals surface area contributed by atoms with Crippen LogP contribution in [0.4, 0.5) is 0 Å². The number of fused-ring (bicyclic) bond motifs is 1. The molecule has 0 bridgehead atoms. The van der Waals surface area contributed by atoms with Crippen LogP contribution >= 0.6 is 0 Å². The summed E-state index contributed by atoms with van der Waals surface area (Å²) < 4.78 is 0. The lowest BCUT2D eigenvalue weighted by molar-refractivity contribution is -0.127. The summed E-state index contributed by atoms with van der Waals surface area (Å²) in [7, 11) is 2.22. The van der Waals surface area contributed by atoms with E-state index in [9.17, 15) is 4.79 Å². The van der Waals surface area contributed by atoms with Gasteiger partial charge in [0, 0.05) is 36.1 Å². The molecule has 5 nitrogen and oxygen atoms in total. The predicted molar refractivity (Wildman–Crippen MR) is 114 cm³/mol. The number of hydrogen-bond acceptors (Lipinski definition) is 4. The first-order valence-electron chi connectivity index (χ1n) is 12.0. The molecule has 0 aromatic carbocycles. The molecule has 2 saturated carbocycles. The SMILES string of the molecule is CC1NC2CCC(C(=O)NC3CCCCC3NC3CCN(C)CC3)CC2C1C. The van der Waals surface area contributed by atoms with Gasteiger partial charge in [-0.05, 0) is 83.8 Å². The molecule has 0 radical (unpaired) electrons. The van der Waals surface area contributed by atoms with Crippen molar-refractivity contribution in [1.29, 1.82) is 0 Å². The Balaban J connectivity index is 1.31. The molecule has 2 heterocycles. The molecule has 2 aliphatic carbocycles. The maximum absolute atomic E-state index is 13.2. The van der Waals surface area contributed by atoms with Gasteiger partial charge in [-0.2, -0.15) is 0 Å². The average molecular weight is 391 g/mol. The molecule has 4 aliphatic rings. The Bertz CT molecular complexity index is 533. The molecular weight excluding hydrogens is 348 g/mol. The summed E-state index contributed by atoms with van der Waals surface area (Å²) in [5, 5.41) is 11.2. The number of rotatable bonds is 4. The molecule has 0 aromatic heterocycles. The van der Waals surface area contributed by atoms with E-state index in [-0.39, 0.29) is 5.92 Å². The molecule has 2 aliphatic heterocycles. The fourth-order valence-electron chi connectivity index (χ4n) is 6.37. The maximum atomic E-state index is 13.2. The molecule has 5 heteroatoms. The summed E-state index contributed by atoms with van der Waals surface area (Å²) in [6.45, 7) is 7.05. The first-order chi connectivity index (χ1) is 13.5. The van der Waals surface area contributed by atoms with Gasteiger partial charge < -0.3 is 20.9 Å². The van der Waals surface area contributed by atoms with E-state index in [1.807, 2.05) is 0 Å². The van der Waals surface area contributed by atoms with Crippen LogP contribution in [0, 0.1) is 17.8 Å². The number of likely N-dealkylation sites (tertiary alicyclic amines) is 1. The van der Waals surface area contributed by atoms with Crippen LogP contribution in [0.15, 0.2) is 0 Å². The van der Waals surface area contributed by atoms with Crippen molar-refractivity contribution in [3.63, 3.8) is 0 Å². The molecule has 7 atom stereocenters. The van der Waals surface area contributed by atoms with Crippen LogP contribution in [0.5, 0.6) is 0 Å². The molecule has 4 fully saturated rings. The van der Waals surface area contributed by atoms with Gasteiger partial charge in [0.15, 0.2) is 0 Å². The first kappa shape index (κ1) is 20.6. The molecule has 3 N–H and O–H groups in total. The Kier molecular flexibility index (Phi) is 6.63. The number of piperidine rings is 1. The van der Waals surface area contributed by atoms with E-state index in [4.69, 9.17) is 0 Å². The van der Waals surface area contributed by atoms with Crippen LogP contribution in [0.1, 0.15) is 71.6 Å². The van der Waals surface area contributed by atoms with Crippen LogP contribution in [0.3, 0.4) is 0 Å². The summed E-state index contributed by atoms with van der Waals surface area (Å²) in [5.41, 5.74) is 0. The first-order valence-corrected chi connectivity index (χ1v) is 12.0. The number of carbonyl (C=O) groups is 1. The fraction of sp³-hybridized carbons (Fsp3) is 0.957. The lowest BCUT2D eigenvalue weighted by Crippen LogP contribution is -2.56. The number of amides is 1. The average Bonchev–Trinajstić information content (AvgIpc) is 2.98. The van der Waals surface area contributed by atoms with Gasteiger partial charge in [0.2, 0.25) is 5.91 Å².